The molecule has 0 unspecified atom stereocenters. The van der Waals surface area contributed by atoms with Gasteiger partial charge in [0.05, 0.1) is 31.5 Å². The second-order valence-corrected chi connectivity index (χ2v) is 4.69. The van der Waals surface area contributed by atoms with Gasteiger partial charge in [-0.05, 0) is 37.1 Å². The lowest BCUT2D eigenvalue weighted by molar-refractivity contribution is -0.209. The van der Waals surface area contributed by atoms with E-state index in [1.807, 2.05) is 26.0 Å². The summed E-state index contributed by atoms with van der Waals surface area (Å²) in [6.07, 6.45) is -0.391. The monoisotopic (exact) mass is 247 g/mol. The van der Waals surface area contributed by atoms with Crippen LogP contribution in [0.3, 0.4) is 0 Å². The highest BCUT2D eigenvalue weighted by atomic mass is 16.7. The van der Waals surface area contributed by atoms with Crippen molar-refractivity contribution < 1.29 is 14.6 Å². The van der Waals surface area contributed by atoms with Crippen LogP contribution >= 0.6 is 0 Å². The van der Waals surface area contributed by atoms with Gasteiger partial charge in [0.25, 0.3) is 0 Å². The molecule has 1 aromatic rings. The molecule has 0 amide bonds. The Bertz CT molecular complexity index is 447. The van der Waals surface area contributed by atoms with Crippen LogP contribution in [0.15, 0.2) is 12.1 Å². The summed E-state index contributed by atoms with van der Waals surface area (Å²) in [4.78, 5) is 0. The zero-order valence-corrected chi connectivity index (χ0v) is 10.6. The summed E-state index contributed by atoms with van der Waals surface area (Å²) in [5.41, 5.74) is 3.51. The molecule has 1 saturated heterocycles. The molecule has 1 N–H and O–H groups in total. The summed E-state index contributed by atoms with van der Waals surface area (Å²) in [6.45, 7) is 4.90. The van der Waals surface area contributed by atoms with E-state index in [2.05, 4.69) is 6.07 Å². The highest BCUT2D eigenvalue weighted by Gasteiger charge is 2.23. The van der Waals surface area contributed by atoms with Gasteiger partial charge in [-0.25, -0.2) is 0 Å². The lowest BCUT2D eigenvalue weighted by atomic mass is 9.99. The SMILES string of the molecule is Cc1cc(C2OCC(CO)CO2)cc(C)c1C#N. The third-order valence-corrected chi connectivity index (χ3v) is 3.16. The first kappa shape index (κ1) is 13.0. The fourth-order valence-electron chi connectivity index (χ4n) is 2.15. The number of ether oxygens (including phenoxy) is 2. The molecule has 0 atom stereocenters. The van der Waals surface area contributed by atoms with Crippen molar-refractivity contribution in [1.82, 2.24) is 0 Å². The normalized spacial score (nSPS) is 23.7. The summed E-state index contributed by atoms with van der Waals surface area (Å²) < 4.78 is 11.2. The number of nitrogens with zero attached hydrogens (tertiary/aromatic N) is 1. The van der Waals surface area contributed by atoms with Crippen LogP contribution in [0.1, 0.15) is 28.5 Å². The Hall–Kier alpha value is -1.41. The standard InChI is InChI=1S/C14H17NO3/c1-9-3-12(4-10(2)13(9)5-15)14-17-7-11(6-16)8-18-14/h3-4,11,14,16H,6-8H2,1-2H3. The summed E-state index contributed by atoms with van der Waals surface area (Å²) in [5, 5.41) is 18.0. The largest absolute Gasteiger partial charge is 0.396 e. The average molecular weight is 247 g/mol. The van der Waals surface area contributed by atoms with Crippen LogP contribution in [-0.2, 0) is 9.47 Å². The van der Waals surface area contributed by atoms with Gasteiger partial charge in [0.2, 0.25) is 0 Å². The molecule has 4 nitrogen and oxygen atoms in total. The van der Waals surface area contributed by atoms with E-state index in [0.717, 1.165) is 16.7 Å². The molecular weight excluding hydrogens is 230 g/mol. The molecule has 1 fully saturated rings. The number of hydrogen-bond donors (Lipinski definition) is 1. The van der Waals surface area contributed by atoms with Crippen molar-refractivity contribution in [3.8, 4) is 6.07 Å². The molecule has 0 bridgehead atoms. The van der Waals surface area contributed by atoms with Gasteiger partial charge < -0.3 is 14.6 Å². The Balaban J connectivity index is 2.18. The van der Waals surface area contributed by atoms with Crippen molar-refractivity contribution in [3.63, 3.8) is 0 Å². The molecule has 4 heteroatoms. The van der Waals surface area contributed by atoms with Gasteiger partial charge in [-0.3, -0.25) is 0 Å². The molecule has 0 spiro atoms. The van der Waals surface area contributed by atoms with Crippen molar-refractivity contribution in [1.29, 1.82) is 5.26 Å². The Labute approximate surface area is 107 Å². The van der Waals surface area contributed by atoms with Crippen LogP contribution in [0.2, 0.25) is 0 Å². The quantitative estimate of drug-likeness (QED) is 0.866. The predicted octanol–water partition coefficient (Wildman–Crippen LogP) is 1.83. The van der Waals surface area contributed by atoms with E-state index < -0.39 is 6.29 Å². The van der Waals surface area contributed by atoms with Crippen molar-refractivity contribution in [2.75, 3.05) is 19.8 Å². The van der Waals surface area contributed by atoms with E-state index in [9.17, 15) is 0 Å². The number of nitriles is 1. The van der Waals surface area contributed by atoms with Crippen LogP contribution in [0.4, 0.5) is 0 Å². The highest BCUT2D eigenvalue weighted by molar-refractivity contribution is 5.46. The number of rotatable bonds is 2. The molecule has 0 saturated carbocycles. The van der Waals surface area contributed by atoms with E-state index in [0.29, 0.717) is 18.8 Å². The molecular formula is C14H17NO3. The fourth-order valence-corrected chi connectivity index (χ4v) is 2.15. The number of aliphatic hydroxyl groups excluding tert-OH is 1. The Kier molecular flexibility index (Phi) is 3.97. The van der Waals surface area contributed by atoms with Crippen LogP contribution in [0.25, 0.3) is 0 Å². The maximum atomic E-state index is 9.03. The molecule has 0 aliphatic carbocycles. The van der Waals surface area contributed by atoms with Gasteiger partial charge in [0, 0.05) is 11.5 Å². The summed E-state index contributed by atoms with van der Waals surface area (Å²) in [7, 11) is 0. The fraction of sp³-hybridized carbons (Fsp3) is 0.500. The third-order valence-electron chi connectivity index (χ3n) is 3.16. The number of benzene rings is 1. The van der Waals surface area contributed by atoms with Gasteiger partial charge >= 0.3 is 0 Å². The molecule has 0 aromatic heterocycles. The van der Waals surface area contributed by atoms with Crippen molar-refractivity contribution >= 4 is 0 Å². The Morgan fingerprint density at radius 2 is 1.83 bits per heavy atom. The maximum absolute atomic E-state index is 9.03. The first-order valence-corrected chi connectivity index (χ1v) is 6.01. The topological polar surface area (TPSA) is 62.5 Å². The summed E-state index contributed by atoms with van der Waals surface area (Å²) >= 11 is 0. The Morgan fingerprint density at radius 3 is 2.28 bits per heavy atom. The van der Waals surface area contributed by atoms with Gasteiger partial charge in [0.1, 0.15) is 0 Å². The molecule has 1 heterocycles. The zero-order chi connectivity index (χ0) is 13.1. The van der Waals surface area contributed by atoms with E-state index in [1.165, 1.54) is 0 Å². The maximum Gasteiger partial charge on any atom is 0.183 e. The minimum absolute atomic E-state index is 0.0572. The number of aryl methyl sites for hydroxylation is 2. The second kappa shape index (κ2) is 5.49. The summed E-state index contributed by atoms with van der Waals surface area (Å²) in [6, 6.07) is 6.05. The van der Waals surface area contributed by atoms with E-state index >= 15 is 0 Å². The third kappa shape index (κ3) is 2.54. The van der Waals surface area contributed by atoms with Crippen molar-refractivity contribution in [2.24, 2.45) is 5.92 Å². The smallest absolute Gasteiger partial charge is 0.183 e. The molecule has 18 heavy (non-hydrogen) atoms. The van der Waals surface area contributed by atoms with Gasteiger partial charge in [-0.15, -0.1) is 0 Å². The minimum atomic E-state index is -0.391. The number of hydrogen-bond acceptors (Lipinski definition) is 4. The van der Waals surface area contributed by atoms with Gasteiger partial charge in [0.15, 0.2) is 6.29 Å². The van der Waals surface area contributed by atoms with Crippen LogP contribution in [-0.4, -0.2) is 24.9 Å². The first-order valence-electron chi connectivity index (χ1n) is 6.01. The average Bonchev–Trinajstić information content (AvgIpc) is 2.38. The molecule has 96 valence electrons. The lowest BCUT2D eigenvalue weighted by Gasteiger charge is -2.29. The lowest BCUT2D eigenvalue weighted by Crippen LogP contribution is -2.29. The van der Waals surface area contributed by atoms with E-state index in [4.69, 9.17) is 19.8 Å². The minimum Gasteiger partial charge on any atom is -0.396 e. The van der Waals surface area contributed by atoms with Gasteiger partial charge in [-0.1, -0.05) is 0 Å². The Morgan fingerprint density at radius 1 is 1.28 bits per heavy atom. The zero-order valence-electron chi connectivity index (χ0n) is 10.6. The molecule has 1 aliphatic heterocycles. The molecule has 1 aromatic carbocycles. The molecule has 2 rings (SSSR count). The van der Waals surface area contributed by atoms with Crippen LogP contribution in [0, 0.1) is 31.1 Å². The number of aliphatic hydroxyl groups is 1. The predicted molar refractivity (Wildman–Crippen MR) is 65.9 cm³/mol. The molecule has 1 aliphatic rings. The first-order chi connectivity index (χ1) is 8.65. The van der Waals surface area contributed by atoms with Crippen LogP contribution in [0.5, 0.6) is 0 Å². The molecule has 0 radical (unpaired) electrons. The van der Waals surface area contributed by atoms with E-state index in [1.54, 1.807) is 0 Å². The second-order valence-electron chi connectivity index (χ2n) is 4.69. The van der Waals surface area contributed by atoms with Crippen LogP contribution < -0.4 is 0 Å². The van der Waals surface area contributed by atoms with Crippen molar-refractivity contribution in [3.05, 3.63) is 34.4 Å². The van der Waals surface area contributed by atoms with E-state index in [-0.39, 0.29) is 12.5 Å². The highest BCUT2D eigenvalue weighted by Crippen LogP contribution is 2.27. The summed E-state index contributed by atoms with van der Waals surface area (Å²) in [5.74, 6) is 0.0572. The van der Waals surface area contributed by atoms with Gasteiger partial charge in [-0.2, -0.15) is 5.26 Å². The van der Waals surface area contributed by atoms with Crippen molar-refractivity contribution in [2.45, 2.75) is 20.1 Å².